The molecule has 216 valence electrons. The summed E-state index contributed by atoms with van der Waals surface area (Å²) in [4.78, 5) is 40.5. The summed E-state index contributed by atoms with van der Waals surface area (Å²) >= 11 is 0. The van der Waals surface area contributed by atoms with E-state index in [-0.39, 0.29) is 35.8 Å². The third-order valence-electron chi connectivity index (χ3n) is 7.20. The molecule has 2 aromatic rings. The van der Waals surface area contributed by atoms with Gasteiger partial charge in [0.25, 0.3) is 5.91 Å². The first-order valence-corrected chi connectivity index (χ1v) is 14.1. The van der Waals surface area contributed by atoms with Crippen LogP contribution in [0.15, 0.2) is 36.4 Å². The second-order valence-corrected chi connectivity index (χ2v) is 10.4. The van der Waals surface area contributed by atoms with E-state index in [9.17, 15) is 18.8 Å². The van der Waals surface area contributed by atoms with Crippen molar-refractivity contribution in [3.05, 3.63) is 53.3 Å². The van der Waals surface area contributed by atoms with Crippen LogP contribution < -0.4 is 25.4 Å². The van der Waals surface area contributed by atoms with Gasteiger partial charge >= 0.3 is 0 Å². The third kappa shape index (κ3) is 8.42. The van der Waals surface area contributed by atoms with Crippen LogP contribution in [-0.4, -0.2) is 62.0 Å². The van der Waals surface area contributed by atoms with Crippen molar-refractivity contribution in [2.45, 2.75) is 58.0 Å². The summed E-state index contributed by atoms with van der Waals surface area (Å²) in [6.07, 6.45) is 4.68. The maximum Gasteiger partial charge on any atom is 0.251 e. The van der Waals surface area contributed by atoms with Gasteiger partial charge in [0.2, 0.25) is 11.8 Å². The quantitative estimate of drug-likeness (QED) is 0.531. The number of methoxy groups -OCH3 is 1. The van der Waals surface area contributed by atoms with Crippen molar-refractivity contribution in [3.63, 3.8) is 0 Å². The van der Waals surface area contributed by atoms with E-state index in [1.54, 1.807) is 18.2 Å². The van der Waals surface area contributed by atoms with E-state index in [1.165, 1.54) is 38.2 Å². The molecule has 10 heteroatoms. The number of nitrogens with zero attached hydrogens (tertiary/aromatic N) is 1. The van der Waals surface area contributed by atoms with Crippen LogP contribution in [0.2, 0.25) is 0 Å². The zero-order valence-corrected chi connectivity index (χ0v) is 23.3. The first-order chi connectivity index (χ1) is 19.4. The number of carbonyl (C=O) groups is 3. The average molecular weight is 555 g/mol. The largest absolute Gasteiger partial charge is 0.493 e. The molecule has 0 spiro atoms. The fraction of sp³-hybridized carbons (Fsp3) is 0.500. The van der Waals surface area contributed by atoms with Crippen molar-refractivity contribution >= 4 is 17.7 Å². The monoisotopic (exact) mass is 554 g/mol. The zero-order valence-electron chi connectivity index (χ0n) is 23.3. The maximum atomic E-state index is 14.9. The van der Waals surface area contributed by atoms with Crippen molar-refractivity contribution in [1.29, 1.82) is 0 Å². The highest BCUT2D eigenvalue weighted by molar-refractivity contribution is 5.94. The summed E-state index contributed by atoms with van der Waals surface area (Å²) in [5.74, 6) is -0.123. The lowest BCUT2D eigenvalue weighted by atomic mass is 10.1. The Bertz CT molecular complexity index is 1200. The van der Waals surface area contributed by atoms with Crippen LogP contribution in [0.25, 0.3) is 0 Å². The minimum absolute atomic E-state index is 0.0428. The van der Waals surface area contributed by atoms with Crippen LogP contribution in [-0.2, 0) is 16.1 Å². The average Bonchev–Trinajstić information content (AvgIpc) is 3.77. The highest BCUT2D eigenvalue weighted by atomic mass is 19.1. The molecule has 3 aliphatic rings. The minimum Gasteiger partial charge on any atom is -0.493 e. The second kappa shape index (κ2) is 14.1. The molecule has 3 N–H and O–H groups in total. The first kappa shape index (κ1) is 29.3. The van der Waals surface area contributed by atoms with Gasteiger partial charge in [0.05, 0.1) is 7.11 Å². The van der Waals surface area contributed by atoms with E-state index in [0.29, 0.717) is 48.6 Å². The molecule has 1 saturated carbocycles. The van der Waals surface area contributed by atoms with Gasteiger partial charge in [0.15, 0.2) is 23.1 Å². The maximum absolute atomic E-state index is 14.9. The second-order valence-electron chi connectivity index (χ2n) is 10.4. The van der Waals surface area contributed by atoms with Crippen LogP contribution >= 0.6 is 0 Å². The number of amides is 3. The lowest BCUT2D eigenvalue weighted by Gasteiger charge is -2.22. The summed E-state index contributed by atoms with van der Waals surface area (Å²) < 4.78 is 26.1. The molecule has 1 fully saturated rings. The molecule has 0 radical (unpaired) electrons. The molecule has 2 heterocycles. The fourth-order valence-corrected chi connectivity index (χ4v) is 4.71. The Labute approximate surface area is 234 Å². The lowest BCUT2D eigenvalue weighted by molar-refractivity contribution is -0.129. The smallest absolute Gasteiger partial charge is 0.251 e. The lowest BCUT2D eigenvalue weighted by Crippen LogP contribution is -2.46. The van der Waals surface area contributed by atoms with Gasteiger partial charge in [0, 0.05) is 31.6 Å². The van der Waals surface area contributed by atoms with Gasteiger partial charge in [-0.15, -0.1) is 0 Å². The van der Waals surface area contributed by atoms with Crippen molar-refractivity contribution in [2.75, 3.05) is 33.3 Å². The number of rotatable bonds is 4. The van der Waals surface area contributed by atoms with E-state index in [0.717, 1.165) is 26.1 Å². The van der Waals surface area contributed by atoms with Gasteiger partial charge in [-0.2, -0.15) is 0 Å². The van der Waals surface area contributed by atoms with E-state index in [4.69, 9.17) is 9.47 Å². The van der Waals surface area contributed by atoms with Gasteiger partial charge in [0.1, 0.15) is 6.04 Å². The number of benzene rings is 2. The van der Waals surface area contributed by atoms with E-state index in [2.05, 4.69) is 20.9 Å². The number of fused-ring (bicyclic) bond motifs is 16. The molecule has 3 amide bonds. The molecule has 9 nitrogen and oxygen atoms in total. The van der Waals surface area contributed by atoms with E-state index in [1.807, 2.05) is 6.92 Å². The molecule has 1 aliphatic carbocycles. The number of hydrogen-bond donors (Lipinski definition) is 3. The summed E-state index contributed by atoms with van der Waals surface area (Å²) in [7, 11) is 1.47. The predicted octanol–water partition coefficient (Wildman–Crippen LogP) is 3.76. The SMILES string of the molecule is CC[C@@H]1NC(=O)CCCN(CC2CC2)CCCNC(=O)c2ccc(OC)c(c2)Oc2ccc(cc2F)CNC1=O. The van der Waals surface area contributed by atoms with Gasteiger partial charge in [-0.1, -0.05) is 13.0 Å². The standard InChI is InChI=1S/C30H39FN4O5/c1-3-24-30(38)33-18-21-9-11-25(23(31)16-21)40-27-17-22(10-12-26(27)39-2)29(37)32-13-5-15-35(19-20-7-8-20)14-4-6-28(36)34-24/h9-12,16-17,20,24H,3-8,13-15,18-19H2,1-2H3,(H,32,37)(H,33,38)(H,34,36)/t24-/m0/s1. The van der Waals surface area contributed by atoms with Crippen molar-refractivity contribution in [3.8, 4) is 17.2 Å². The third-order valence-corrected chi connectivity index (χ3v) is 7.20. The Balaban J connectivity index is 1.52. The molecular formula is C30H39FN4O5. The van der Waals surface area contributed by atoms with Gasteiger partial charge in [-0.3, -0.25) is 14.4 Å². The molecule has 5 rings (SSSR count). The van der Waals surface area contributed by atoms with Gasteiger partial charge < -0.3 is 30.3 Å². The van der Waals surface area contributed by atoms with E-state index >= 15 is 0 Å². The number of ether oxygens (including phenoxy) is 2. The molecule has 1 atom stereocenters. The van der Waals surface area contributed by atoms with Crippen molar-refractivity contribution < 1.29 is 28.2 Å². The van der Waals surface area contributed by atoms with Crippen molar-refractivity contribution in [1.82, 2.24) is 20.9 Å². The zero-order chi connectivity index (χ0) is 28.5. The molecular weight excluding hydrogens is 515 g/mol. The van der Waals surface area contributed by atoms with Crippen molar-refractivity contribution in [2.24, 2.45) is 5.92 Å². The molecule has 0 unspecified atom stereocenters. The molecule has 0 aromatic heterocycles. The summed E-state index contributed by atoms with van der Waals surface area (Å²) in [5.41, 5.74) is 0.911. The molecule has 2 aliphatic heterocycles. The number of hydrogen-bond acceptors (Lipinski definition) is 6. The Hall–Kier alpha value is -3.66. The fourth-order valence-electron chi connectivity index (χ4n) is 4.71. The number of halogens is 1. The molecule has 4 bridgehead atoms. The number of nitrogens with one attached hydrogen (secondary N) is 3. The molecule has 0 saturated heterocycles. The summed E-state index contributed by atoms with van der Waals surface area (Å²) in [6, 6.07) is 8.51. The van der Waals surface area contributed by atoms with Gasteiger partial charge in [-0.05, 0) is 87.0 Å². The Kier molecular flexibility index (Phi) is 10.3. The molecule has 2 aromatic carbocycles. The highest BCUT2D eigenvalue weighted by Gasteiger charge is 2.24. The van der Waals surface area contributed by atoms with Crippen LogP contribution in [0.3, 0.4) is 0 Å². The highest BCUT2D eigenvalue weighted by Crippen LogP contribution is 2.34. The topological polar surface area (TPSA) is 109 Å². The first-order valence-electron chi connectivity index (χ1n) is 14.1. The summed E-state index contributed by atoms with van der Waals surface area (Å²) in [6.45, 7) is 5.00. The normalized spacial score (nSPS) is 20.2. The number of carbonyl (C=O) groups excluding carboxylic acids is 3. The van der Waals surface area contributed by atoms with Gasteiger partial charge in [-0.25, -0.2) is 4.39 Å². The predicted molar refractivity (Wildman–Crippen MR) is 149 cm³/mol. The van der Waals surface area contributed by atoms with Crippen LogP contribution in [0.4, 0.5) is 4.39 Å². The minimum atomic E-state index is -0.660. The Morgan fingerprint density at radius 3 is 2.55 bits per heavy atom. The summed E-state index contributed by atoms with van der Waals surface area (Å²) in [5, 5.41) is 8.57. The van der Waals surface area contributed by atoms with Crippen LogP contribution in [0, 0.1) is 11.7 Å². The van der Waals surface area contributed by atoms with E-state index < -0.39 is 11.9 Å². The molecule has 40 heavy (non-hydrogen) atoms. The van der Waals surface area contributed by atoms with Crippen LogP contribution in [0.5, 0.6) is 17.2 Å². The Morgan fingerprint density at radius 1 is 1.02 bits per heavy atom. The Morgan fingerprint density at radius 2 is 1.82 bits per heavy atom. The van der Waals surface area contributed by atoms with Crippen LogP contribution in [0.1, 0.15) is 61.4 Å².